The van der Waals surface area contributed by atoms with Crippen molar-refractivity contribution in [1.82, 2.24) is 20.4 Å². The zero-order chi connectivity index (χ0) is 19.5. The molecule has 3 aliphatic heterocycles. The maximum absolute atomic E-state index is 12.3. The Labute approximate surface area is 165 Å². The van der Waals surface area contributed by atoms with Gasteiger partial charge < -0.3 is 20.1 Å². The summed E-state index contributed by atoms with van der Waals surface area (Å²) in [7, 11) is 1.63. The average molecular weight is 388 g/mol. The van der Waals surface area contributed by atoms with Gasteiger partial charge in [0.25, 0.3) is 0 Å². The lowest BCUT2D eigenvalue weighted by molar-refractivity contribution is -0.122. The van der Waals surface area contributed by atoms with Crippen LogP contribution < -0.4 is 15.4 Å². The number of hydrogen-bond acceptors (Lipinski definition) is 6. The molecule has 3 fully saturated rings. The number of piperidine rings is 1. The van der Waals surface area contributed by atoms with E-state index in [4.69, 9.17) is 9.47 Å². The third-order valence-corrected chi connectivity index (χ3v) is 5.91. The second kappa shape index (κ2) is 8.36. The van der Waals surface area contributed by atoms with Crippen LogP contribution in [-0.2, 0) is 16.1 Å². The number of nitrogens with one attached hydrogen (secondary N) is 2. The van der Waals surface area contributed by atoms with Crippen LogP contribution in [-0.4, -0.2) is 79.8 Å². The first-order valence-electron chi connectivity index (χ1n) is 9.95. The number of ether oxygens (including phenoxy) is 2. The van der Waals surface area contributed by atoms with E-state index in [2.05, 4.69) is 15.5 Å². The highest BCUT2D eigenvalue weighted by Crippen LogP contribution is 2.29. The van der Waals surface area contributed by atoms with Gasteiger partial charge in [-0.3, -0.25) is 14.6 Å². The van der Waals surface area contributed by atoms with Crippen molar-refractivity contribution in [1.29, 1.82) is 0 Å². The summed E-state index contributed by atoms with van der Waals surface area (Å²) in [5.41, 5.74) is 1.04. The van der Waals surface area contributed by atoms with Crippen LogP contribution in [0.3, 0.4) is 0 Å². The van der Waals surface area contributed by atoms with Gasteiger partial charge in [-0.15, -0.1) is 0 Å². The fourth-order valence-corrected chi connectivity index (χ4v) is 4.34. The largest absolute Gasteiger partial charge is 0.497 e. The standard InChI is InChI=1S/C20H28N4O4/c1-27-16-4-2-14(3-5-16)10-22-19(25)13-23-8-6-15(7-9-23)24-17-11-21-12-18(17)28-20(24)26/h2-5,15,17-18,21H,6-13H2,1H3,(H,22,25)/t17-,18+/m1/s1. The Bertz CT molecular complexity index is 703. The van der Waals surface area contributed by atoms with Crippen molar-refractivity contribution in [2.75, 3.05) is 39.8 Å². The lowest BCUT2D eigenvalue weighted by Crippen LogP contribution is -2.51. The minimum atomic E-state index is -0.174. The maximum Gasteiger partial charge on any atom is 0.410 e. The van der Waals surface area contributed by atoms with E-state index in [9.17, 15) is 9.59 Å². The van der Waals surface area contributed by atoms with E-state index < -0.39 is 0 Å². The van der Waals surface area contributed by atoms with Gasteiger partial charge in [0.05, 0.1) is 19.7 Å². The zero-order valence-corrected chi connectivity index (χ0v) is 16.2. The van der Waals surface area contributed by atoms with Crippen LogP contribution in [0.25, 0.3) is 0 Å². The summed E-state index contributed by atoms with van der Waals surface area (Å²) in [4.78, 5) is 28.6. The molecular weight excluding hydrogens is 360 g/mol. The number of amides is 2. The van der Waals surface area contributed by atoms with Gasteiger partial charge in [0.1, 0.15) is 11.9 Å². The summed E-state index contributed by atoms with van der Waals surface area (Å²) in [5.74, 6) is 0.828. The third kappa shape index (κ3) is 4.07. The van der Waals surface area contributed by atoms with Crippen LogP contribution in [0.1, 0.15) is 18.4 Å². The lowest BCUT2D eigenvalue weighted by atomic mass is 10.0. The predicted octanol–water partition coefficient (Wildman–Crippen LogP) is 0.568. The quantitative estimate of drug-likeness (QED) is 0.741. The molecule has 152 valence electrons. The highest BCUT2D eigenvalue weighted by atomic mass is 16.6. The molecule has 0 spiro atoms. The Morgan fingerprint density at radius 2 is 2.00 bits per heavy atom. The molecule has 3 aliphatic rings. The fourth-order valence-electron chi connectivity index (χ4n) is 4.34. The van der Waals surface area contributed by atoms with Gasteiger partial charge in [-0.25, -0.2) is 4.79 Å². The Morgan fingerprint density at radius 1 is 1.25 bits per heavy atom. The van der Waals surface area contributed by atoms with E-state index in [0.29, 0.717) is 13.1 Å². The summed E-state index contributed by atoms with van der Waals surface area (Å²) in [6.45, 7) is 4.09. The van der Waals surface area contributed by atoms with E-state index in [1.54, 1.807) is 7.11 Å². The molecule has 0 bridgehead atoms. The molecule has 28 heavy (non-hydrogen) atoms. The summed E-state index contributed by atoms with van der Waals surface area (Å²) in [5, 5.41) is 6.27. The molecule has 0 unspecified atom stereocenters. The summed E-state index contributed by atoms with van der Waals surface area (Å²) < 4.78 is 10.6. The molecule has 0 aromatic heterocycles. The number of likely N-dealkylation sites (tertiary alicyclic amines) is 1. The van der Waals surface area contributed by atoms with E-state index in [0.717, 1.165) is 50.3 Å². The number of fused-ring (bicyclic) bond motifs is 1. The van der Waals surface area contributed by atoms with E-state index >= 15 is 0 Å². The summed E-state index contributed by atoms with van der Waals surface area (Å²) >= 11 is 0. The van der Waals surface area contributed by atoms with Crippen LogP contribution in [0.15, 0.2) is 24.3 Å². The van der Waals surface area contributed by atoms with Crippen LogP contribution in [0.4, 0.5) is 4.79 Å². The molecule has 2 amide bonds. The number of hydrogen-bond donors (Lipinski definition) is 2. The monoisotopic (exact) mass is 388 g/mol. The molecular formula is C20H28N4O4. The smallest absolute Gasteiger partial charge is 0.410 e. The Kier molecular flexibility index (Phi) is 5.68. The van der Waals surface area contributed by atoms with Crippen molar-refractivity contribution in [2.45, 2.75) is 37.6 Å². The van der Waals surface area contributed by atoms with Crippen molar-refractivity contribution in [3.05, 3.63) is 29.8 Å². The van der Waals surface area contributed by atoms with Crippen molar-refractivity contribution in [3.8, 4) is 5.75 Å². The molecule has 1 aromatic rings. The molecule has 3 heterocycles. The van der Waals surface area contributed by atoms with Crippen molar-refractivity contribution >= 4 is 12.0 Å². The molecule has 8 heteroatoms. The van der Waals surface area contributed by atoms with Crippen LogP contribution in [0, 0.1) is 0 Å². The van der Waals surface area contributed by atoms with E-state index in [1.807, 2.05) is 29.2 Å². The van der Waals surface area contributed by atoms with Gasteiger partial charge in [0.2, 0.25) is 5.91 Å². The van der Waals surface area contributed by atoms with Crippen molar-refractivity contribution < 1.29 is 19.1 Å². The van der Waals surface area contributed by atoms with Crippen LogP contribution in [0.5, 0.6) is 5.75 Å². The first kappa shape index (κ1) is 19.0. The summed E-state index contributed by atoms with van der Waals surface area (Å²) in [6.07, 6.45) is 1.58. The minimum Gasteiger partial charge on any atom is -0.497 e. The molecule has 2 N–H and O–H groups in total. The number of benzene rings is 1. The Morgan fingerprint density at radius 3 is 2.71 bits per heavy atom. The highest BCUT2D eigenvalue weighted by molar-refractivity contribution is 5.78. The topological polar surface area (TPSA) is 83.1 Å². The van der Waals surface area contributed by atoms with Gasteiger partial charge in [0.15, 0.2) is 0 Å². The number of nitrogens with zero attached hydrogens (tertiary/aromatic N) is 2. The number of methoxy groups -OCH3 is 1. The first-order valence-corrected chi connectivity index (χ1v) is 9.95. The number of carbonyl (C=O) groups is 2. The third-order valence-electron chi connectivity index (χ3n) is 5.91. The van der Waals surface area contributed by atoms with Crippen LogP contribution >= 0.6 is 0 Å². The van der Waals surface area contributed by atoms with Gasteiger partial charge in [-0.05, 0) is 30.5 Å². The predicted molar refractivity (Wildman–Crippen MR) is 103 cm³/mol. The van der Waals surface area contributed by atoms with Crippen molar-refractivity contribution in [3.63, 3.8) is 0 Å². The molecule has 0 saturated carbocycles. The molecule has 1 aromatic carbocycles. The minimum absolute atomic E-state index is 0.00531. The Balaban J connectivity index is 1.20. The lowest BCUT2D eigenvalue weighted by Gasteiger charge is -2.37. The second-order valence-electron chi connectivity index (χ2n) is 7.69. The maximum atomic E-state index is 12.3. The summed E-state index contributed by atoms with van der Waals surface area (Å²) in [6, 6.07) is 8.05. The molecule has 2 atom stereocenters. The van der Waals surface area contributed by atoms with Crippen LogP contribution in [0.2, 0.25) is 0 Å². The Hall–Kier alpha value is -2.32. The normalized spacial score (nSPS) is 25.5. The molecule has 0 radical (unpaired) electrons. The number of rotatable bonds is 6. The zero-order valence-electron chi connectivity index (χ0n) is 16.2. The molecule has 4 rings (SSSR count). The van der Waals surface area contributed by atoms with Gasteiger partial charge in [-0.2, -0.15) is 0 Å². The van der Waals surface area contributed by atoms with Gasteiger partial charge >= 0.3 is 6.09 Å². The molecule has 8 nitrogen and oxygen atoms in total. The SMILES string of the molecule is COc1ccc(CNC(=O)CN2CCC(N3C(=O)O[C@H]4CNC[C@H]43)CC2)cc1. The first-order chi connectivity index (χ1) is 13.6. The fraction of sp³-hybridized carbons (Fsp3) is 0.600. The second-order valence-corrected chi connectivity index (χ2v) is 7.69. The van der Waals surface area contributed by atoms with E-state index in [-0.39, 0.29) is 30.2 Å². The van der Waals surface area contributed by atoms with Gasteiger partial charge in [-0.1, -0.05) is 12.1 Å². The average Bonchev–Trinajstić information content (AvgIpc) is 3.27. The van der Waals surface area contributed by atoms with Gasteiger partial charge in [0, 0.05) is 38.8 Å². The molecule has 0 aliphatic carbocycles. The van der Waals surface area contributed by atoms with Crippen molar-refractivity contribution in [2.24, 2.45) is 0 Å². The molecule has 3 saturated heterocycles. The number of carbonyl (C=O) groups excluding carboxylic acids is 2. The van der Waals surface area contributed by atoms with E-state index in [1.165, 1.54) is 0 Å². The highest BCUT2D eigenvalue weighted by Gasteiger charge is 2.47.